The van der Waals surface area contributed by atoms with Gasteiger partial charge in [0.15, 0.2) is 0 Å². The minimum absolute atomic E-state index is 0.743. The Kier molecular flexibility index (Phi) is 5.26. The highest BCUT2D eigenvalue weighted by molar-refractivity contribution is 14.1. The summed E-state index contributed by atoms with van der Waals surface area (Å²) in [6, 6.07) is 6.32. The second-order valence-electron chi connectivity index (χ2n) is 5.07. The van der Waals surface area contributed by atoms with Gasteiger partial charge in [0.2, 0.25) is 0 Å². The van der Waals surface area contributed by atoms with Gasteiger partial charge in [-0.05, 0) is 78.2 Å². The van der Waals surface area contributed by atoms with E-state index in [0.29, 0.717) is 0 Å². The van der Waals surface area contributed by atoms with Crippen LogP contribution in [0.15, 0.2) is 18.2 Å². The number of likely N-dealkylation sites (tertiary alicyclic amines) is 1. The van der Waals surface area contributed by atoms with Gasteiger partial charge in [-0.15, -0.1) is 0 Å². The Morgan fingerprint density at radius 2 is 2.06 bits per heavy atom. The molecule has 1 aromatic rings. The number of nitrogen functional groups attached to an aromatic ring is 1. The number of anilines is 1. The van der Waals surface area contributed by atoms with Crippen LogP contribution in [0.2, 0.25) is 0 Å². The molecule has 0 radical (unpaired) electrons. The van der Waals surface area contributed by atoms with E-state index >= 15 is 0 Å². The Balaban J connectivity index is 1.87. The second kappa shape index (κ2) is 6.73. The van der Waals surface area contributed by atoms with Crippen molar-refractivity contribution in [1.82, 2.24) is 4.90 Å². The fourth-order valence-electron chi connectivity index (χ4n) is 2.57. The molecule has 1 aliphatic heterocycles. The normalized spacial score (nSPS) is 18.1. The van der Waals surface area contributed by atoms with E-state index in [1.807, 2.05) is 6.07 Å². The standard InChI is InChI=1S/C14H21IN2O/c1-18-10-11-2-4-17(5-3-11)9-12-6-13(15)8-14(16)7-12/h6-8,11H,2-5,9-10,16H2,1H3. The van der Waals surface area contributed by atoms with Crippen LogP contribution in [-0.2, 0) is 11.3 Å². The van der Waals surface area contributed by atoms with E-state index in [0.717, 1.165) is 24.8 Å². The molecule has 0 bridgehead atoms. The summed E-state index contributed by atoms with van der Waals surface area (Å²) in [4.78, 5) is 2.51. The number of piperidine rings is 1. The molecule has 1 fully saturated rings. The van der Waals surface area contributed by atoms with Crippen molar-refractivity contribution < 1.29 is 4.74 Å². The lowest BCUT2D eigenvalue weighted by molar-refractivity contribution is 0.0968. The summed E-state index contributed by atoms with van der Waals surface area (Å²) in [5.41, 5.74) is 8.08. The van der Waals surface area contributed by atoms with E-state index in [2.05, 4.69) is 39.6 Å². The summed E-state index contributed by atoms with van der Waals surface area (Å²) in [5.74, 6) is 0.743. The molecule has 1 heterocycles. The van der Waals surface area contributed by atoms with E-state index < -0.39 is 0 Å². The summed E-state index contributed by atoms with van der Waals surface area (Å²) in [6.07, 6.45) is 2.49. The number of rotatable bonds is 4. The lowest BCUT2D eigenvalue weighted by atomic mass is 9.97. The molecule has 0 aliphatic carbocycles. The predicted octanol–water partition coefficient (Wildman–Crippen LogP) is 2.73. The Bertz CT molecular complexity index is 369. The molecule has 0 atom stereocenters. The van der Waals surface area contributed by atoms with Gasteiger partial charge >= 0.3 is 0 Å². The van der Waals surface area contributed by atoms with Gasteiger partial charge in [-0.25, -0.2) is 0 Å². The molecule has 18 heavy (non-hydrogen) atoms. The number of ether oxygens (including phenoxy) is 1. The lowest BCUT2D eigenvalue weighted by Gasteiger charge is -2.31. The average molecular weight is 360 g/mol. The summed E-state index contributed by atoms with van der Waals surface area (Å²) in [6.45, 7) is 4.25. The van der Waals surface area contributed by atoms with E-state index in [1.54, 1.807) is 7.11 Å². The van der Waals surface area contributed by atoms with Crippen molar-refractivity contribution in [1.29, 1.82) is 0 Å². The molecule has 4 heteroatoms. The van der Waals surface area contributed by atoms with Gasteiger partial charge in [0.05, 0.1) is 0 Å². The third kappa shape index (κ3) is 4.10. The zero-order valence-electron chi connectivity index (χ0n) is 10.9. The number of methoxy groups -OCH3 is 1. The van der Waals surface area contributed by atoms with Crippen LogP contribution in [0.4, 0.5) is 5.69 Å². The minimum atomic E-state index is 0.743. The molecule has 1 saturated heterocycles. The molecule has 0 unspecified atom stereocenters. The van der Waals surface area contributed by atoms with Crippen LogP contribution in [0.5, 0.6) is 0 Å². The van der Waals surface area contributed by atoms with Crippen LogP contribution in [-0.4, -0.2) is 31.7 Å². The maximum Gasteiger partial charge on any atom is 0.0491 e. The molecule has 100 valence electrons. The highest BCUT2D eigenvalue weighted by atomic mass is 127. The summed E-state index contributed by atoms with van der Waals surface area (Å²) in [7, 11) is 1.79. The Labute approximate surface area is 123 Å². The van der Waals surface area contributed by atoms with Gasteiger partial charge in [-0.2, -0.15) is 0 Å². The first kappa shape index (κ1) is 14.1. The van der Waals surface area contributed by atoms with Crippen LogP contribution in [0.25, 0.3) is 0 Å². The number of benzene rings is 1. The van der Waals surface area contributed by atoms with Gasteiger partial charge in [0.25, 0.3) is 0 Å². The number of nitrogens with zero attached hydrogens (tertiary/aromatic N) is 1. The molecule has 3 nitrogen and oxygen atoms in total. The van der Waals surface area contributed by atoms with Crippen LogP contribution in [0, 0.1) is 9.49 Å². The fourth-order valence-corrected chi connectivity index (χ4v) is 3.33. The first-order chi connectivity index (χ1) is 8.67. The Morgan fingerprint density at radius 3 is 2.67 bits per heavy atom. The fraction of sp³-hybridized carbons (Fsp3) is 0.571. The molecule has 1 aromatic carbocycles. The molecular weight excluding hydrogens is 339 g/mol. The van der Waals surface area contributed by atoms with Crippen molar-refractivity contribution in [2.24, 2.45) is 5.92 Å². The van der Waals surface area contributed by atoms with Crippen LogP contribution >= 0.6 is 22.6 Å². The Hall–Kier alpha value is -0.330. The molecule has 2 N–H and O–H groups in total. The van der Waals surface area contributed by atoms with E-state index in [1.165, 1.54) is 35.1 Å². The van der Waals surface area contributed by atoms with E-state index in [4.69, 9.17) is 10.5 Å². The van der Waals surface area contributed by atoms with Crippen molar-refractivity contribution in [2.45, 2.75) is 19.4 Å². The largest absolute Gasteiger partial charge is 0.399 e. The molecule has 2 rings (SSSR count). The van der Waals surface area contributed by atoms with Gasteiger partial charge in [-0.1, -0.05) is 0 Å². The number of hydrogen-bond donors (Lipinski definition) is 1. The maximum absolute atomic E-state index is 5.89. The third-order valence-corrected chi connectivity index (χ3v) is 4.12. The second-order valence-corrected chi connectivity index (χ2v) is 6.31. The first-order valence-electron chi connectivity index (χ1n) is 6.43. The van der Waals surface area contributed by atoms with Gasteiger partial charge < -0.3 is 10.5 Å². The van der Waals surface area contributed by atoms with Gasteiger partial charge in [0, 0.05) is 29.5 Å². The molecule has 0 aromatic heterocycles. The summed E-state index contributed by atoms with van der Waals surface area (Å²) >= 11 is 2.32. The molecule has 0 amide bonds. The molecule has 0 spiro atoms. The summed E-state index contributed by atoms with van der Waals surface area (Å²) < 4.78 is 6.45. The number of nitrogens with two attached hydrogens (primary N) is 1. The smallest absolute Gasteiger partial charge is 0.0491 e. The highest BCUT2D eigenvalue weighted by Crippen LogP contribution is 2.21. The minimum Gasteiger partial charge on any atom is -0.399 e. The average Bonchev–Trinajstić information content (AvgIpc) is 2.31. The zero-order chi connectivity index (χ0) is 13.0. The SMILES string of the molecule is COCC1CCN(Cc2cc(N)cc(I)c2)CC1. The molecule has 1 aliphatic rings. The highest BCUT2D eigenvalue weighted by Gasteiger charge is 2.19. The summed E-state index contributed by atoms with van der Waals surface area (Å²) in [5, 5.41) is 0. The zero-order valence-corrected chi connectivity index (χ0v) is 13.0. The third-order valence-electron chi connectivity index (χ3n) is 3.50. The van der Waals surface area contributed by atoms with Crippen molar-refractivity contribution in [3.63, 3.8) is 0 Å². The molecule has 0 saturated carbocycles. The lowest BCUT2D eigenvalue weighted by Crippen LogP contribution is -2.34. The van der Waals surface area contributed by atoms with Crippen LogP contribution in [0.1, 0.15) is 18.4 Å². The van der Waals surface area contributed by atoms with Crippen molar-refractivity contribution in [2.75, 3.05) is 32.5 Å². The topological polar surface area (TPSA) is 38.5 Å². The monoisotopic (exact) mass is 360 g/mol. The predicted molar refractivity (Wildman–Crippen MR) is 83.4 cm³/mol. The quantitative estimate of drug-likeness (QED) is 0.663. The molecular formula is C14H21IN2O. The van der Waals surface area contributed by atoms with Crippen LogP contribution in [0.3, 0.4) is 0 Å². The first-order valence-corrected chi connectivity index (χ1v) is 7.51. The number of hydrogen-bond acceptors (Lipinski definition) is 3. The van der Waals surface area contributed by atoms with Crippen molar-refractivity contribution in [3.8, 4) is 0 Å². The van der Waals surface area contributed by atoms with E-state index in [9.17, 15) is 0 Å². The van der Waals surface area contributed by atoms with E-state index in [-0.39, 0.29) is 0 Å². The Morgan fingerprint density at radius 1 is 1.33 bits per heavy atom. The van der Waals surface area contributed by atoms with Gasteiger partial charge in [0.1, 0.15) is 0 Å². The number of halogens is 1. The maximum atomic E-state index is 5.89. The van der Waals surface area contributed by atoms with Crippen LogP contribution < -0.4 is 5.73 Å². The van der Waals surface area contributed by atoms with Gasteiger partial charge in [-0.3, -0.25) is 4.90 Å². The van der Waals surface area contributed by atoms with Crippen molar-refractivity contribution >= 4 is 28.3 Å². The van der Waals surface area contributed by atoms with Crippen molar-refractivity contribution in [3.05, 3.63) is 27.3 Å².